The van der Waals surface area contributed by atoms with E-state index in [1.165, 1.54) is 4.90 Å². The quantitative estimate of drug-likeness (QED) is 0.863. The lowest BCUT2D eigenvalue weighted by atomic mass is 9.81. The van der Waals surface area contributed by atoms with Gasteiger partial charge < -0.3 is 5.32 Å². The Morgan fingerprint density at radius 2 is 1.75 bits per heavy atom. The highest BCUT2D eigenvalue weighted by Crippen LogP contribution is 2.37. The van der Waals surface area contributed by atoms with Crippen molar-refractivity contribution < 1.29 is 14.4 Å². The molecule has 0 spiro atoms. The van der Waals surface area contributed by atoms with Gasteiger partial charge in [-0.15, -0.1) is 0 Å². The molecule has 0 bridgehead atoms. The third kappa shape index (κ3) is 3.07. The number of aryl methyl sites for hydroxylation is 1. The van der Waals surface area contributed by atoms with Crippen molar-refractivity contribution >= 4 is 17.7 Å². The first kappa shape index (κ1) is 16.7. The van der Waals surface area contributed by atoms with E-state index in [-0.39, 0.29) is 42.1 Å². The molecule has 0 radical (unpaired) electrons. The average Bonchev–Trinajstić information content (AvgIpc) is 2.80. The van der Waals surface area contributed by atoms with E-state index in [2.05, 4.69) is 5.32 Å². The molecule has 1 saturated carbocycles. The number of nitrogens with one attached hydrogen (secondary N) is 1. The first-order chi connectivity index (χ1) is 11.5. The third-order valence-electron chi connectivity index (χ3n) is 5.27. The van der Waals surface area contributed by atoms with Crippen molar-refractivity contribution in [1.82, 2.24) is 10.2 Å². The molecule has 3 amide bonds. The molecule has 1 aromatic rings. The molecule has 1 aliphatic heterocycles. The maximum absolute atomic E-state index is 12.4. The predicted octanol–water partition coefficient (Wildman–Crippen LogP) is 2.35. The van der Waals surface area contributed by atoms with Crippen LogP contribution in [-0.4, -0.2) is 29.2 Å². The van der Waals surface area contributed by atoms with Crippen LogP contribution >= 0.6 is 0 Å². The van der Waals surface area contributed by atoms with Gasteiger partial charge in [0.1, 0.15) is 6.54 Å². The van der Waals surface area contributed by atoms with Crippen molar-refractivity contribution in [1.29, 1.82) is 0 Å². The maximum atomic E-state index is 12.4. The van der Waals surface area contributed by atoms with E-state index in [9.17, 15) is 14.4 Å². The first-order valence-electron chi connectivity index (χ1n) is 8.69. The zero-order chi connectivity index (χ0) is 17.3. The molecule has 2 aliphatic rings. The number of rotatable bonds is 4. The second-order valence-corrected chi connectivity index (χ2v) is 6.91. The van der Waals surface area contributed by atoms with Gasteiger partial charge in [0.05, 0.1) is 17.9 Å². The summed E-state index contributed by atoms with van der Waals surface area (Å²) in [5.74, 6) is -1.02. The van der Waals surface area contributed by atoms with Gasteiger partial charge in [-0.3, -0.25) is 19.3 Å². The van der Waals surface area contributed by atoms with Gasteiger partial charge in [-0.2, -0.15) is 0 Å². The van der Waals surface area contributed by atoms with Crippen LogP contribution in [0.5, 0.6) is 0 Å². The number of imide groups is 1. The van der Waals surface area contributed by atoms with Crippen molar-refractivity contribution in [3.05, 3.63) is 35.4 Å². The zero-order valence-corrected chi connectivity index (χ0v) is 14.2. The summed E-state index contributed by atoms with van der Waals surface area (Å²) in [6.45, 7) is 3.74. The minimum atomic E-state index is -0.286. The normalized spacial score (nSPS) is 24.7. The second kappa shape index (κ2) is 6.75. The van der Waals surface area contributed by atoms with Crippen LogP contribution in [0.1, 0.15) is 49.8 Å². The summed E-state index contributed by atoms with van der Waals surface area (Å²) in [6, 6.07) is 7.70. The Morgan fingerprint density at radius 1 is 1.17 bits per heavy atom. The molecule has 1 aromatic carbocycles. The lowest BCUT2D eigenvalue weighted by molar-refractivity contribution is -0.143. The van der Waals surface area contributed by atoms with Gasteiger partial charge in [-0.25, -0.2) is 0 Å². The van der Waals surface area contributed by atoms with E-state index in [0.29, 0.717) is 0 Å². The Balaban J connectivity index is 1.63. The van der Waals surface area contributed by atoms with Gasteiger partial charge in [0, 0.05) is 0 Å². The number of nitrogens with zero attached hydrogens (tertiary/aromatic N) is 1. The first-order valence-corrected chi connectivity index (χ1v) is 8.69. The SMILES string of the molecule is Cc1ccccc1[C@H](C)NC(=O)CN1C(=O)[C@H]2CCCC[C@H]2C1=O. The number of carbonyl (C=O) groups excluding carboxylic acids is 3. The van der Waals surface area contributed by atoms with Crippen LogP contribution in [0.4, 0.5) is 0 Å². The van der Waals surface area contributed by atoms with Crippen molar-refractivity contribution in [2.75, 3.05) is 6.54 Å². The van der Waals surface area contributed by atoms with Crippen LogP contribution in [0.15, 0.2) is 24.3 Å². The Bertz CT molecular complexity index is 646. The van der Waals surface area contributed by atoms with E-state index in [1.807, 2.05) is 38.1 Å². The lowest BCUT2D eigenvalue weighted by Crippen LogP contribution is -2.41. The Labute approximate surface area is 142 Å². The average molecular weight is 328 g/mol. The molecule has 1 N–H and O–H groups in total. The fourth-order valence-corrected chi connectivity index (χ4v) is 3.97. The van der Waals surface area contributed by atoms with Gasteiger partial charge in [0.2, 0.25) is 17.7 Å². The smallest absolute Gasteiger partial charge is 0.240 e. The van der Waals surface area contributed by atoms with Crippen LogP contribution in [-0.2, 0) is 14.4 Å². The second-order valence-electron chi connectivity index (χ2n) is 6.91. The number of likely N-dealkylation sites (tertiary alicyclic amines) is 1. The Hall–Kier alpha value is -2.17. The molecule has 2 fully saturated rings. The molecule has 5 nitrogen and oxygen atoms in total. The standard InChI is InChI=1S/C19H24N2O3/c1-12-7-3-4-8-14(12)13(2)20-17(22)11-21-18(23)15-9-5-6-10-16(15)19(21)24/h3-4,7-8,13,15-16H,5-6,9-11H2,1-2H3,(H,20,22)/t13-,15-,16+/m0/s1. The van der Waals surface area contributed by atoms with Crippen molar-refractivity contribution in [2.24, 2.45) is 11.8 Å². The van der Waals surface area contributed by atoms with Crippen LogP contribution < -0.4 is 5.32 Å². The Kier molecular flexibility index (Phi) is 4.69. The number of hydrogen-bond acceptors (Lipinski definition) is 3. The van der Waals surface area contributed by atoms with E-state index < -0.39 is 0 Å². The van der Waals surface area contributed by atoms with Crippen molar-refractivity contribution in [3.63, 3.8) is 0 Å². The van der Waals surface area contributed by atoms with Crippen molar-refractivity contribution in [3.8, 4) is 0 Å². The molecular formula is C19H24N2O3. The molecule has 3 rings (SSSR count). The van der Waals surface area contributed by atoms with Gasteiger partial charge in [-0.1, -0.05) is 37.1 Å². The molecule has 1 heterocycles. The van der Waals surface area contributed by atoms with E-state index in [1.54, 1.807) is 0 Å². The molecule has 5 heteroatoms. The minimum Gasteiger partial charge on any atom is -0.348 e. The summed E-state index contributed by atoms with van der Waals surface area (Å²) in [4.78, 5) is 38.3. The lowest BCUT2D eigenvalue weighted by Gasteiger charge is -2.19. The van der Waals surface area contributed by atoms with E-state index in [4.69, 9.17) is 0 Å². The van der Waals surface area contributed by atoms with Crippen LogP contribution in [0, 0.1) is 18.8 Å². The monoisotopic (exact) mass is 328 g/mol. The highest BCUT2D eigenvalue weighted by molar-refractivity contribution is 6.07. The van der Waals surface area contributed by atoms with Crippen LogP contribution in [0.2, 0.25) is 0 Å². The molecule has 128 valence electrons. The molecule has 1 saturated heterocycles. The predicted molar refractivity (Wildman–Crippen MR) is 89.9 cm³/mol. The van der Waals surface area contributed by atoms with Gasteiger partial charge in [-0.05, 0) is 37.8 Å². The van der Waals surface area contributed by atoms with E-state index in [0.717, 1.165) is 36.8 Å². The summed E-state index contributed by atoms with van der Waals surface area (Å²) >= 11 is 0. The molecular weight excluding hydrogens is 304 g/mol. The molecule has 24 heavy (non-hydrogen) atoms. The third-order valence-corrected chi connectivity index (χ3v) is 5.27. The number of benzene rings is 1. The zero-order valence-electron chi connectivity index (χ0n) is 14.2. The number of hydrogen-bond donors (Lipinski definition) is 1. The summed E-state index contributed by atoms with van der Waals surface area (Å²) in [5.41, 5.74) is 2.14. The number of carbonyl (C=O) groups is 3. The van der Waals surface area contributed by atoms with E-state index >= 15 is 0 Å². The topological polar surface area (TPSA) is 66.5 Å². The summed E-state index contributed by atoms with van der Waals surface area (Å²) < 4.78 is 0. The summed E-state index contributed by atoms with van der Waals surface area (Å²) in [6.07, 6.45) is 3.52. The highest BCUT2D eigenvalue weighted by Gasteiger charge is 2.48. The van der Waals surface area contributed by atoms with Crippen LogP contribution in [0.3, 0.4) is 0 Å². The number of fused-ring (bicyclic) bond motifs is 1. The molecule has 0 unspecified atom stereocenters. The van der Waals surface area contributed by atoms with Crippen molar-refractivity contribution in [2.45, 2.75) is 45.6 Å². The summed E-state index contributed by atoms with van der Waals surface area (Å²) in [5, 5.41) is 2.90. The van der Waals surface area contributed by atoms with Gasteiger partial charge >= 0.3 is 0 Å². The Morgan fingerprint density at radius 3 is 2.33 bits per heavy atom. The molecule has 1 aliphatic carbocycles. The van der Waals surface area contributed by atoms with Gasteiger partial charge in [0.25, 0.3) is 0 Å². The number of amides is 3. The largest absolute Gasteiger partial charge is 0.348 e. The highest BCUT2D eigenvalue weighted by atomic mass is 16.2. The fraction of sp³-hybridized carbons (Fsp3) is 0.526. The van der Waals surface area contributed by atoms with Crippen LogP contribution in [0.25, 0.3) is 0 Å². The fourth-order valence-electron chi connectivity index (χ4n) is 3.97. The maximum Gasteiger partial charge on any atom is 0.240 e. The minimum absolute atomic E-state index is 0.159. The molecule has 0 aromatic heterocycles. The van der Waals surface area contributed by atoms with Gasteiger partial charge in [0.15, 0.2) is 0 Å². The molecule has 3 atom stereocenters. The summed E-state index contributed by atoms with van der Waals surface area (Å²) in [7, 11) is 0.